The van der Waals surface area contributed by atoms with Crippen molar-refractivity contribution in [1.82, 2.24) is 20.1 Å². The van der Waals surface area contributed by atoms with Crippen molar-refractivity contribution in [2.24, 2.45) is 16.8 Å². The van der Waals surface area contributed by atoms with Crippen LogP contribution >= 0.6 is 35.3 Å². The number of hydrogen-bond donors (Lipinski definition) is 1. The number of aromatic nitrogens is 1. The summed E-state index contributed by atoms with van der Waals surface area (Å²) in [5.41, 5.74) is 1.23. The third kappa shape index (κ3) is 7.16. The maximum atomic E-state index is 5.01. The van der Waals surface area contributed by atoms with E-state index >= 15 is 0 Å². The first-order chi connectivity index (χ1) is 12.6. The molecule has 5 nitrogen and oxygen atoms in total. The van der Waals surface area contributed by atoms with Crippen molar-refractivity contribution >= 4 is 41.3 Å². The largest absolute Gasteiger partial charge is 0.357 e. The smallest absolute Gasteiger partial charge is 0.193 e. The molecule has 0 saturated carbocycles. The normalized spacial score (nSPS) is 22.6. The van der Waals surface area contributed by atoms with Crippen LogP contribution in [-0.2, 0) is 6.54 Å². The number of thiazole rings is 1. The second kappa shape index (κ2) is 11.6. The van der Waals surface area contributed by atoms with E-state index in [0.717, 1.165) is 50.5 Å². The second-order valence-electron chi connectivity index (χ2n) is 7.97. The standard InChI is InChI=1S/C20H35N5S.HI/c1-4-21-20(25-9-5-6-16(2)13-25)22-12-18-7-10-24(11-8-18)14-19-15-26-17(3)23-19;/h15-16,18H,4-14H2,1-3H3,(H,21,22);1H. The number of nitrogens with one attached hydrogen (secondary N) is 1. The molecular weight excluding hydrogens is 469 g/mol. The molecule has 3 rings (SSSR count). The van der Waals surface area contributed by atoms with Gasteiger partial charge in [-0.25, -0.2) is 4.98 Å². The molecule has 2 aliphatic rings. The Kier molecular flexibility index (Phi) is 9.79. The summed E-state index contributed by atoms with van der Waals surface area (Å²) in [5.74, 6) is 2.64. The fourth-order valence-corrected chi connectivity index (χ4v) is 4.66. The van der Waals surface area contributed by atoms with Crippen LogP contribution in [0.15, 0.2) is 10.4 Å². The first kappa shape index (κ1) is 22.9. The van der Waals surface area contributed by atoms with Crippen molar-refractivity contribution in [1.29, 1.82) is 0 Å². The van der Waals surface area contributed by atoms with Gasteiger partial charge in [0, 0.05) is 38.1 Å². The number of hydrogen-bond acceptors (Lipinski definition) is 4. The summed E-state index contributed by atoms with van der Waals surface area (Å²) in [6, 6.07) is 0. The lowest BCUT2D eigenvalue weighted by Gasteiger charge is -2.34. The molecule has 1 aromatic rings. The van der Waals surface area contributed by atoms with Gasteiger partial charge in [-0.1, -0.05) is 6.92 Å². The molecule has 0 radical (unpaired) electrons. The predicted octanol–water partition coefficient (Wildman–Crippen LogP) is 3.98. The summed E-state index contributed by atoms with van der Waals surface area (Å²) in [6.07, 6.45) is 5.15. The van der Waals surface area contributed by atoms with Crippen LogP contribution in [0.2, 0.25) is 0 Å². The fraction of sp³-hybridized carbons (Fsp3) is 0.800. The molecule has 1 atom stereocenters. The van der Waals surface area contributed by atoms with Gasteiger partial charge in [0.2, 0.25) is 0 Å². The first-order valence-corrected chi connectivity index (χ1v) is 11.2. The molecule has 154 valence electrons. The number of likely N-dealkylation sites (tertiary alicyclic amines) is 2. The summed E-state index contributed by atoms with van der Waals surface area (Å²) in [4.78, 5) is 14.6. The van der Waals surface area contributed by atoms with Crippen molar-refractivity contribution < 1.29 is 0 Å². The quantitative estimate of drug-likeness (QED) is 0.374. The van der Waals surface area contributed by atoms with E-state index in [-0.39, 0.29) is 24.0 Å². The molecular formula is C20H36IN5S. The van der Waals surface area contributed by atoms with Crippen molar-refractivity contribution in [3.8, 4) is 0 Å². The van der Waals surface area contributed by atoms with Crippen LogP contribution in [0.4, 0.5) is 0 Å². The second-order valence-corrected chi connectivity index (χ2v) is 9.03. The monoisotopic (exact) mass is 505 g/mol. The lowest BCUT2D eigenvalue weighted by Crippen LogP contribution is -2.46. The Balaban J connectivity index is 0.00000261. The molecule has 1 N–H and O–H groups in total. The number of nitrogens with zero attached hydrogens (tertiary/aromatic N) is 4. The SMILES string of the molecule is CCNC(=NCC1CCN(Cc2csc(C)n2)CC1)N1CCCC(C)C1.I. The highest BCUT2D eigenvalue weighted by atomic mass is 127. The maximum Gasteiger partial charge on any atom is 0.193 e. The van der Waals surface area contributed by atoms with E-state index < -0.39 is 0 Å². The van der Waals surface area contributed by atoms with E-state index in [1.165, 1.54) is 49.5 Å². The molecule has 0 aliphatic carbocycles. The highest BCUT2D eigenvalue weighted by Gasteiger charge is 2.22. The zero-order chi connectivity index (χ0) is 18.4. The molecule has 0 bridgehead atoms. The molecule has 2 saturated heterocycles. The van der Waals surface area contributed by atoms with Gasteiger partial charge >= 0.3 is 0 Å². The number of piperidine rings is 2. The van der Waals surface area contributed by atoms with Crippen molar-refractivity contribution in [2.45, 2.75) is 53.0 Å². The van der Waals surface area contributed by atoms with Crippen LogP contribution in [0, 0.1) is 18.8 Å². The third-order valence-corrected chi connectivity index (χ3v) is 6.37. The molecule has 7 heteroatoms. The van der Waals surface area contributed by atoms with Crippen LogP contribution < -0.4 is 5.32 Å². The summed E-state index contributed by atoms with van der Waals surface area (Å²) >= 11 is 1.76. The lowest BCUT2D eigenvalue weighted by atomic mass is 9.97. The Hall–Kier alpha value is -0.410. The van der Waals surface area contributed by atoms with E-state index in [4.69, 9.17) is 4.99 Å². The Morgan fingerprint density at radius 3 is 2.70 bits per heavy atom. The lowest BCUT2D eigenvalue weighted by molar-refractivity contribution is 0.178. The van der Waals surface area contributed by atoms with Gasteiger partial charge in [-0.15, -0.1) is 35.3 Å². The number of aliphatic imine (C=N–C) groups is 1. The van der Waals surface area contributed by atoms with Gasteiger partial charge in [0.05, 0.1) is 10.7 Å². The minimum Gasteiger partial charge on any atom is -0.357 e. The summed E-state index contributed by atoms with van der Waals surface area (Å²) < 4.78 is 0. The highest BCUT2D eigenvalue weighted by molar-refractivity contribution is 14.0. The summed E-state index contributed by atoms with van der Waals surface area (Å²) in [7, 11) is 0. The Labute approximate surface area is 186 Å². The minimum absolute atomic E-state index is 0. The fourth-order valence-electron chi connectivity index (χ4n) is 4.06. The van der Waals surface area contributed by atoms with E-state index in [2.05, 4.69) is 46.3 Å². The molecule has 27 heavy (non-hydrogen) atoms. The molecule has 2 fully saturated rings. The zero-order valence-electron chi connectivity index (χ0n) is 17.1. The van der Waals surface area contributed by atoms with Crippen molar-refractivity contribution in [2.75, 3.05) is 39.3 Å². The van der Waals surface area contributed by atoms with Crippen LogP contribution in [0.25, 0.3) is 0 Å². The van der Waals surface area contributed by atoms with Gasteiger partial charge in [0.15, 0.2) is 5.96 Å². The Morgan fingerprint density at radius 2 is 2.07 bits per heavy atom. The number of guanidine groups is 1. The average molecular weight is 506 g/mol. The third-order valence-electron chi connectivity index (χ3n) is 5.55. The van der Waals surface area contributed by atoms with E-state index in [1.807, 2.05) is 0 Å². The average Bonchev–Trinajstić information content (AvgIpc) is 3.04. The van der Waals surface area contributed by atoms with Gasteiger partial charge in [-0.3, -0.25) is 9.89 Å². The van der Waals surface area contributed by atoms with E-state index in [0.29, 0.717) is 0 Å². The highest BCUT2D eigenvalue weighted by Crippen LogP contribution is 2.21. The molecule has 0 amide bonds. The van der Waals surface area contributed by atoms with Crippen molar-refractivity contribution in [3.63, 3.8) is 0 Å². The molecule has 3 heterocycles. The number of rotatable bonds is 5. The van der Waals surface area contributed by atoms with Crippen LogP contribution in [0.5, 0.6) is 0 Å². The molecule has 2 aliphatic heterocycles. The molecule has 0 spiro atoms. The van der Waals surface area contributed by atoms with Gasteiger partial charge in [0.25, 0.3) is 0 Å². The number of aryl methyl sites for hydroxylation is 1. The minimum atomic E-state index is 0. The maximum absolute atomic E-state index is 5.01. The molecule has 1 aromatic heterocycles. The van der Waals surface area contributed by atoms with Crippen LogP contribution in [-0.4, -0.2) is 60.0 Å². The zero-order valence-corrected chi connectivity index (χ0v) is 20.3. The van der Waals surface area contributed by atoms with Crippen molar-refractivity contribution in [3.05, 3.63) is 16.1 Å². The van der Waals surface area contributed by atoms with Gasteiger partial charge < -0.3 is 10.2 Å². The predicted molar refractivity (Wildman–Crippen MR) is 126 cm³/mol. The van der Waals surface area contributed by atoms with Gasteiger partial charge in [0.1, 0.15) is 0 Å². The summed E-state index contributed by atoms with van der Waals surface area (Å²) in [5, 5.41) is 6.89. The Bertz CT molecular complexity index is 583. The summed E-state index contributed by atoms with van der Waals surface area (Å²) in [6.45, 7) is 14.2. The molecule has 1 unspecified atom stereocenters. The molecule has 0 aromatic carbocycles. The Morgan fingerprint density at radius 1 is 1.30 bits per heavy atom. The van der Waals surface area contributed by atoms with Crippen LogP contribution in [0.3, 0.4) is 0 Å². The number of halogens is 1. The topological polar surface area (TPSA) is 43.8 Å². The van der Waals surface area contributed by atoms with Gasteiger partial charge in [-0.2, -0.15) is 0 Å². The van der Waals surface area contributed by atoms with Crippen LogP contribution in [0.1, 0.15) is 50.2 Å². The van der Waals surface area contributed by atoms with Gasteiger partial charge in [-0.05, 0) is 64.5 Å². The van der Waals surface area contributed by atoms with E-state index in [1.54, 1.807) is 11.3 Å². The first-order valence-electron chi connectivity index (χ1n) is 10.3. The van der Waals surface area contributed by atoms with E-state index in [9.17, 15) is 0 Å².